The standard InChI is InChI=1S/C17H34N2/c1-6-11-18-16(14-15(2)3)17(4,5)19-12-9-7-8-10-13-19/h14,16,18H,6-13H2,1-5H3. The van der Waals surface area contributed by atoms with Gasteiger partial charge in [-0.2, -0.15) is 0 Å². The average molecular weight is 266 g/mol. The number of nitrogens with zero attached hydrogens (tertiary/aromatic N) is 1. The van der Waals surface area contributed by atoms with Crippen molar-refractivity contribution in [2.75, 3.05) is 19.6 Å². The Balaban J connectivity index is 2.79. The predicted molar refractivity (Wildman–Crippen MR) is 85.6 cm³/mol. The minimum Gasteiger partial charge on any atom is -0.309 e. The molecule has 1 atom stereocenters. The van der Waals surface area contributed by atoms with Crippen LogP contribution in [-0.2, 0) is 0 Å². The van der Waals surface area contributed by atoms with Crippen molar-refractivity contribution in [3.05, 3.63) is 11.6 Å². The highest BCUT2D eigenvalue weighted by Gasteiger charge is 2.33. The lowest BCUT2D eigenvalue weighted by Crippen LogP contribution is -2.57. The first-order valence-corrected chi connectivity index (χ1v) is 8.12. The van der Waals surface area contributed by atoms with Crippen LogP contribution in [0.15, 0.2) is 11.6 Å². The van der Waals surface area contributed by atoms with Crippen molar-refractivity contribution in [2.24, 2.45) is 0 Å². The van der Waals surface area contributed by atoms with Gasteiger partial charge in [0.2, 0.25) is 0 Å². The van der Waals surface area contributed by atoms with E-state index in [4.69, 9.17) is 0 Å². The van der Waals surface area contributed by atoms with Crippen molar-refractivity contribution in [1.29, 1.82) is 0 Å². The lowest BCUT2D eigenvalue weighted by Gasteiger charge is -2.43. The number of rotatable bonds is 6. The summed E-state index contributed by atoms with van der Waals surface area (Å²) in [7, 11) is 0. The minimum atomic E-state index is 0.205. The molecule has 1 aliphatic heterocycles. The molecule has 0 aliphatic carbocycles. The van der Waals surface area contributed by atoms with Gasteiger partial charge < -0.3 is 5.32 Å². The summed E-state index contributed by atoms with van der Waals surface area (Å²) in [6.45, 7) is 15.1. The number of likely N-dealkylation sites (tertiary alicyclic amines) is 1. The maximum atomic E-state index is 3.74. The van der Waals surface area contributed by atoms with Crippen LogP contribution in [0.3, 0.4) is 0 Å². The second-order valence-corrected chi connectivity index (χ2v) is 6.73. The Labute approximate surface area is 120 Å². The van der Waals surface area contributed by atoms with E-state index in [2.05, 4.69) is 50.9 Å². The second-order valence-electron chi connectivity index (χ2n) is 6.73. The largest absolute Gasteiger partial charge is 0.309 e. The molecule has 1 fully saturated rings. The molecule has 1 aliphatic rings. The van der Waals surface area contributed by atoms with Crippen LogP contribution >= 0.6 is 0 Å². The molecular weight excluding hydrogens is 232 g/mol. The van der Waals surface area contributed by atoms with Crippen molar-refractivity contribution < 1.29 is 0 Å². The van der Waals surface area contributed by atoms with Crippen LogP contribution in [0.2, 0.25) is 0 Å². The van der Waals surface area contributed by atoms with Crippen molar-refractivity contribution in [1.82, 2.24) is 10.2 Å². The summed E-state index contributed by atoms with van der Waals surface area (Å²) in [6, 6.07) is 0.454. The lowest BCUT2D eigenvalue weighted by atomic mass is 9.90. The maximum Gasteiger partial charge on any atom is 0.0433 e. The minimum absolute atomic E-state index is 0.205. The third kappa shape index (κ3) is 5.27. The van der Waals surface area contributed by atoms with E-state index in [1.165, 1.54) is 50.8 Å². The van der Waals surface area contributed by atoms with Crippen molar-refractivity contribution in [3.63, 3.8) is 0 Å². The zero-order chi connectivity index (χ0) is 14.3. The summed E-state index contributed by atoms with van der Waals surface area (Å²) in [5.74, 6) is 0. The summed E-state index contributed by atoms with van der Waals surface area (Å²) in [4.78, 5) is 2.70. The Kier molecular flexibility index (Phi) is 7.09. The molecule has 0 aromatic carbocycles. The molecule has 112 valence electrons. The Morgan fingerprint density at radius 2 is 1.74 bits per heavy atom. The first-order chi connectivity index (χ1) is 8.98. The number of allylic oxidation sites excluding steroid dienone is 1. The molecule has 2 nitrogen and oxygen atoms in total. The van der Waals surface area contributed by atoms with Gasteiger partial charge >= 0.3 is 0 Å². The lowest BCUT2D eigenvalue weighted by molar-refractivity contribution is 0.0994. The van der Waals surface area contributed by atoms with E-state index >= 15 is 0 Å². The predicted octanol–water partition coefficient (Wildman–Crippen LogP) is 3.98. The molecule has 1 unspecified atom stereocenters. The first-order valence-electron chi connectivity index (χ1n) is 8.12. The summed E-state index contributed by atoms with van der Waals surface area (Å²) >= 11 is 0. The molecule has 2 heteroatoms. The molecule has 0 amide bonds. The second kappa shape index (κ2) is 8.06. The molecule has 0 bridgehead atoms. The summed E-state index contributed by atoms with van der Waals surface area (Å²) in [6.07, 6.45) is 9.14. The van der Waals surface area contributed by atoms with Gasteiger partial charge in [0.15, 0.2) is 0 Å². The molecule has 1 rings (SSSR count). The van der Waals surface area contributed by atoms with E-state index < -0.39 is 0 Å². The Hall–Kier alpha value is -0.340. The third-order valence-corrected chi connectivity index (χ3v) is 4.30. The number of hydrogen-bond donors (Lipinski definition) is 1. The zero-order valence-electron chi connectivity index (χ0n) is 13.8. The molecular formula is C17H34N2. The SMILES string of the molecule is CCCNC(C=C(C)C)C(C)(C)N1CCCCCC1. The van der Waals surface area contributed by atoms with E-state index in [-0.39, 0.29) is 5.54 Å². The molecule has 0 saturated carbocycles. The monoisotopic (exact) mass is 266 g/mol. The van der Waals surface area contributed by atoms with Gasteiger partial charge in [0, 0.05) is 11.6 Å². The van der Waals surface area contributed by atoms with Gasteiger partial charge in [-0.1, -0.05) is 31.4 Å². The molecule has 1 N–H and O–H groups in total. The van der Waals surface area contributed by atoms with Crippen LogP contribution in [0.4, 0.5) is 0 Å². The molecule has 0 spiro atoms. The van der Waals surface area contributed by atoms with Gasteiger partial charge in [-0.15, -0.1) is 0 Å². The van der Waals surface area contributed by atoms with E-state index in [1.54, 1.807) is 0 Å². The van der Waals surface area contributed by atoms with Crippen molar-refractivity contribution in [2.45, 2.75) is 78.3 Å². The van der Waals surface area contributed by atoms with Crippen LogP contribution in [0.25, 0.3) is 0 Å². The summed E-state index contributed by atoms with van der Waals surface area (Å²) < 4.78 is 0. The van der Waals surface area contributed by atoms with Gasteiger partial charge in [0.25, 0.3) is 0 Å². The molecule has 0 aromatic rings. The smallest absolute Gasteiger partial charge is 0.0433 e. The van der Waals surface area contributed by atoms with E-state index in [9.17, 15) is 0 Å². The van der Waals surface area contributed by atoms with E-state index in [0.717, 1.165) is 6.54 Å². The van der Waals surface area contributed by atoms with Crippen molar-refractivity contribution >= 4 is 0 Å². The molecule has 0 aromatic heterocycles. The van der Waals surface area contributed by atoms with Crippen LogP contribution in [0.1, 0.15) is 66.7 Å². The first kappa shape index (κ1) is 16.7. The van der Waals surface area contributed by atoms with Gasteiger partial charge in [0.1, 0.15) is 0 Å². The van der Waals surface area contributed by atoms with Crippen LogP contribution in [0.5, 0.6) is 0 Å². The molecule has 0 radical (unpaired) electrons. The number of nitrogens with one attached hydrogen (secondary N) is 1. The van der Waals surface area contributed by atoms with Crippen LogP contribution in [0, 0.1) is 0 Å². The van der Waals surface area contributed by atoms with E-state index in [1.807, 2.05) is 0 Å². The van der Waals surface area contributed by atoms with Crippen LogP contribution < -0.4 is 5.32 Å². The van der Waals surface area contributed by atoms with Gasteiger partial charge in [0.05, 0.1) is 0 Å². The fourth-order valence-corrected chi connectivity index (χ4v) is 2.99. The Morgan fingerprint density at radius 3 is 2.21 bits per heavy atom. The fourth-order valence-electron chi connectivity index (χ4n) is 2.99. The summed E-state index contributed by atoms with van der Waals surface area (Å²) in [5.41, 5.74) is 1.62. The maximum absolute atomic E-state index is 3.74. The molecule has 1 heterocycles. The van der Waals surface area contributed by atoms with E-state index in [0.29, 0.717) is 6.04 Å². The van der Waals surface area contributed by atoms with Crippen molar-refractivity contribution in [3.8, 4) is 0 Å². The fraction of sp³-hybridized carbons (Fsp3) is 0.882. The Morgan fingerprint density at radius 1 is 1.16 bits per heavy atom. The van der Waals surface area contributed by atoms with Gasteiger partial charge in [-0.3, -0.25) is 4.90 Å². The third-order valence-electron chi connectivity index (χ3n) is 4.30. The average Bonchev–Trinajstić information content (AvgIpc) is 2.63. The van der Waals surface area contributed by atoms with Gasteiger partial charge in [-0.25, -0.2) is 0 Å². The van der Waals surface area contributed by atoms with Crippen LogP contribution in [-0.4, -0.2) is 36.1 Å². The normalized spacial score (nSPS) is 19.8. The number of hydrogen-bond acceptors (Lipinski definition) is 2. The molecule has 19 heavy (non-hydrogen) atoms. The Bertz CT molecular complexity index is 269. The quantitative estimate of drug-likeness (QED) is 0.732. The van der Waals surface area contributed by atoms with Gasteiger partial charge in [-0.05, 0) is 66.6 Å². The highest BCUT2D eigenvalue weighted by molar-refractivity contribution is 5.10. The highest BCUT2D eigenvalue weighted by Crippen LogP contribution is 2.25. The highest BCUT2D eigenvalue weighted by atomic mass is 15.2. The molecule has 1 saturated heterocycles. The summed E-state index contributed by atoms with van der Waals surface area (Å²) in [5, 5.41) is 3.74. The topological polar surface area (TPSA) is 15.3 Å². The zero-order valence-corrected chi connectivity index (χ0v) is 13.8.